The molecule has 5 nitrogen and oxygen atoms in total. The third-order valence-electron chi connectivity index (χ3n) is 4.02. The number of amides is 2. The van der Waals surface area contributed by atoms with Crippen LogP contribution in [-0.4, -0.2) is 54.9 Å². The van der Waals surface area contributed by atoms with Gasteiger partial charge in [0.05, 0.1) is 18.6 Å². The summed E-state index contributed by atoms with van der Waals surface area (Å²) in [4.78, 5) is 27.9. The molecule has 126 valence electrons. The molecule has 0 aromatic heterocycles. The summed E-state index contributed by atoms with van der Waals surface area (Å²) < 4.78 is 5.11. The molecule has 2 amide bonds. The highest BCUT2D eigenvalue weighted by atomic mass is 35.5. The lowest BCUT2D eigenvalue weighted by molar-refractivity contribution is -0.139. The van der Waals surface area contributed by atoms with E-state index in [0.29, 0.717) is 49.8 Å². The Labute approximate surface area is 142 Å². The quantitative estimate of drug-likeness (QED) is 0.828. The number of rotatable bonds is 5. The molecule has 0 unspecified atom stereocenters. The van der Waals surface area contributed by atoms with E-state index < -0.39 is 0 Å². The standard InChI is InChI=1S/C17H23ClN2O3/c1-3-4-16(21)19-7-9-20(10-8-19)17(22)12-13-5-6-15(23-2)14(18)11-13/h5-6,11H,3-4,7-10,12H2,1-2H3. The fourth-order valence-corrected chi connectivity index (χ4v) is 2.96. The number of carbonyl (C=O) groups excluding carboxylic acids is 2. The lowest BCUT2D eigenvalue weighted by atomic mass is 10.1. The average molecular weight is 339 g/mol. The van der Waals surface area contributed by atoms with Gasteiger partial charge in [0, 0.05) is 32.6 Å². The number of methoxy groups -OCH3 is 1. The average Bonchev–Trinajstić information content (AvgIpc) is 2.55. The lowest BCUT2D eigenvalue weighted by Gasteiger charge is -2.35. The first-order valence-electron chi connectivity index (χ1n) is 7.93. The van der Waals surface area contributed by atoms with Gasteiger partial charge in [0.2, 0.25) is 11.8 Å². The molecule has 1 saturated heterocycles. The molecule has 23 heavy (non-hydrogen) atoms. The summed E-state index contributed by atoms with van der Waals surface area (Å²) in [7, 11) is 1.56. The van der Waals surface area contributed by atoms with Crippen molar-refractivity contribution in [3.63, 3.8) is 0 Å². The van der Waals surface area contributed by atoms with Gasteiger partial charge in [0.1, 0.15) is 5.75 Å². The van der Waals surface area contributed by atoms with Gasteiger partial charge in [0.25, 0.3) is 0 Å². The number of nitrogens with zero attached hydrogens (tertiary/aromatic N) is 2. The van der Waals surface area contributed by atoms with Crippen LogP contribution in [0.2, 0.25) is 5.02 Å². The van der Waals surface area contributed by atoms with Crippen molar-refractivity contribution in [3.8, 4) is 5.75 Å². The molecule has 1 aliphatic heterocycles. The van der Waals surface area contributed by atoms with Gasteiger partial charge < -0.3 is 14.5 Å². The zero-order valence-corrected chi connectivity index (χ0v) is 14.4. The second-order valence-electron chi connectivity index (χ2n) is 5.66. The van der Waals surface area contributed by atoms with Crippen LogP contribution in [0.3, 0.4) is 0 Å². The van der Waals surface area contributed by atoms with E-state index in [1.165, 1.54) is 0 Å². The van der Waals surface area contributed by atoms with Crippen LogP contribution in [0.1, 0.15) is 25.3 Å². The van der Waals surface area contributed by atoms with Crippen molar-refractivity contribution in [1.82, 2.24) is 9.80 Å². The van der Waals surface area contributed by atoms with Gasteiger partial charge in [-0.05, 0) is 24.1 Å². The van der Waals surface area contributed by atoms with E-state index in [1.54, 1.807) is 19.2 Å². The van der Waals surface area contributed by atoms with Crippen LogP contribution in [0.5, 0.6) is 5.75 Å². The van der Waals surface area contributed by atoms with E-state index in [0.717, 1.165) is 12.0 Å². The van der Waals surface area contributed by atoms with Crippen LogP contribution in [-0.2, 0) is 16.0 Å². The Morgan fingerprint density at radius 2 is 1.74 bits per heavy atom. The van der Waals surface area contributed by atoms with Gasteiger partial charge in [-0.15, -0.1) is 0 Å². The number of hydrogen-bond donors (Lipinski definition) is 0. The number of carbonyl (C=O) groups is 2. The third-order valence-corrected chi connectivity index (χ3v) is 4.32. The van der Waals surface area contributed by atoms with E-state index in [-0.39, 0.29) is 11.8 Å². The number of ether oxygens (including phenoxy) is 1. The fourth-order valence-electron chi connectivity index (χ4n) is 2.68. The van der Waals surface area contributed by atoms with Crippen molar-refractivity contribution >= 4 is 23.4 Å². The SMILES string of the molecule is CCCC(=O)N1CCN(C(=O)Cc2ccc(OC)c(Cl)c2)CC1. The zero-order chi connectivity index (χ0) is 16.8. The molecule has 1 aromatic rings. The molecule has 1 aliphatic rings. The van der Waals surface area contributed by atoms with Gasteiger partial charge in [-0.1, -0.05) is 24.6 Å². The third kappa shape index (κ3) is 4.61. The smallest absolute Gasteiger partial charge is 0.227 e. The molecule has 0 bridgehead atoms. The first-order chi connectivity index (χ1) is 11.0. The predicted molar refractivity (Wildman–Crippen MR) is 89.8 cm³/mol. The van der Waals surface area contributed by atoms with Crippen LogP contribution >= 0.6 is 11.6 Å². The Hall–Kier alpha value is -1.75. The minimum atomic E-state index is 0.0637. The van der Waals surface area contributed by atoms with Gasteiger partial charge in [0.15, 0.2) is 0 Å². The second kappa shape index (κ2) is 8.20. The summed E-state index contributed by atoms with van der Waals surface area (Å²) in [5.74, 6) is 0.848. The molecular weight excluding hydrogens is 316 g/mol. The van der Waals surface area contributed by atoms with E-state index in [1.807, 2.05) is 22.8 Å². The van der Waals surface area contributed by atoms with E-state index in [4.69, 9.17) is 16.3 Å². The van der Waals surface area contributed by atoms with Gasteiger partial charge in [-0.3, -0.25) is 9.59 Å². The molecule has 0 N–H and O–H groups in total. The maximum Gasteiger partial charge on any atom is 0.227 e. The molecule has 1 aromatic carbocycles. The van der Waals surface area contributed by atoms with Crippen molar-refractivity contribution in [2.75, 3.05) is 33.3 Å². The highest BCUT2D eigenvalue weighted by molar-refractivity contribution is 6.32. The largest absolute Gasteiger partial charge is 0.495 e. The van der Waals surface area contributed by atoms with Crippen LogP contribution in [0.15, 0.2) is 18.2 Å². The molecule has 0 saturated carbocycles. The van der Waals surface area contributed by atoms with Gasteiger partial charge in [-0.25, -0.2) is 0 Å². The predicted octanol–water partition coefficient (Wildman–Crippen LogP) is 2.36. The molecule has 0 atom stereocenters. The van der Waals surface area contributed by atoms with Crippen molar-refractivity contribution in [2.24, 2.45) is 0 Å². The van der Waals surface area contributed by atoms with Crippen LogP contribution in [0, 0.1) is 0 Å². The maximum atomic E-state index is 12.4. The lowest BCUT2D eigenvalue weighted by Crippen LogP contribution is -2.50. The first kappa shape index (κ1) is 17.6. The Bertz CT molecular complexity index is 569. The fraction of sp³-hybridized carbons (Fsp3) is 0.529. The molecular formula is C17H23ClN2O3. The van der Waals surface area contributed by atoms with Gasteiger partial charge >= 0.3 is 0 Å². The molecule has 1 heterocycles. The normalized spacial score (nSPS) is 14.7. The van der Waals surface area contributed by atoms with Gasteiger partial charge in [-0.2, -0.15) is 0 Å². The van der Waals surface area contributed by atoms with Crippen LogP contribution < -0.4 is 4.74 Å². The van der Waals surface area contributed by atoms with E-state index >= 15 is 0 Å². The Morgan fingerprint density at radius 3 is 2.26 bits per heavy atom. The summed E-state index contributed by atoms with van der Waals surface area (Å²) in [6, 6.07) is 5.38. The molecule has 0 aliphatic carbocycles. The van der Waals surface area contributed by atoms with Crippen molar-refractivity contribution in [3.05, 3.63) is 28.8 Å². The minimum absolute atomic E-state index is 0.0637. The van der Waals surface area contributed by atoms with E-state index in [9.17, 15) is 9.59 Å². The monoisotopic (exact) mass is 338 g/mol. The maximum absolute atomic E-state index is 12.4. The molecule has 6 heteroatoms. The molecule has 2 rings (SSSR count). The summed E-state index contributed by atoms with van der Waals surface area (Å²) >= 11 is 6.09. The Balaban J connectivity index is 1.88. The highest BCUT2D eigenvalue weighted by Gasteiger charge is 2.23. The summed E-state index contributed by atoms with van der Waals surface area (Å²) in [6.07, 6.45) is 1.75. The Kier molecular flexibility index (Phi) is 6.28. The second-order valence-corrected chi connectivity index (χ2v) is 6.06. The molecule has 1 fully saturated rings. The summed E-state index contributed by atoms with van der Waals surface area (Å²) in [6.45, 7) is 4.43. The number of piperazine rings is 1. The van der Waals surface area contributed by atoms with Crippen LogP contribution in [0.25, 0.3) is 0 Å². The van der Waals surface area contributed by atoms with Crippen LogP contribution in [0.4, 0.5) is 0 Å². The highest BCUT2D eigenvalue weighted by Crippen LogP contribution is 2.25. The summed E-state index contributed by atoms with van der Waals surface area (Å²) in [5, 5.41) is 0.507. The first-order valence-corrected chi connectivity index (χ1v) is 8.31. The van der Waals surface area contributed by atoms with E-state index in [2.05, 4.69) is 0 Å². The molecule has 0 radical (unpaired) electrons. The van der Waals surface area contributed by atoms with Crippen molar-refractivity contribution in [1.29, 1.82) is 0 Å². The Morgan fingerprint density at radius 1 is 1.13 bits per heavy atom. The number of halogens is 1. The summed E-state index contributed by atoms with van der Waals surface area (Å²) in [5.41, 5.74) is 0.866. The number of benzene rings is 1. The van der Waals surface area contributed by atoms with Crippen molar-refractivity contribution in [2.45, 2.75) is 26.2 Å². The van der Waals surface area contributed by atoms with Crippen molar-refractivity contribution < 1.29 is 14.3 Å². The zero-order valence-electron chi connectivity index (χ0n) is 13.7. The topological polar surface area (TPSA) is 49.9 Å². The molecule has 0 spiro atoms. The minimum Gasteiger partial charge on any atom is -0.495 e. The number of hydrogen-bond acceptors (Lipinski definition) is 3.